The van der Waals surface area contributed by atoms with Crippen molar-refractivity contribution in [2.24, 2.45) is 7.05 Å². The molecule has 0 saturated carbocycles. The molecule has 1 amide bonds. The molecule has 0 spiro atoms. The molecule has 1 aromatic carbocycles. The number of hydrogen-bond acceptors (Lipinski definition) is 5. The number of amides is 1. The maximum atomic E-state index is 13.0. The van der Waals surface area contributed by atoms with E-state index in [4.69, 9.17) is 14.7 Å². The molecule has 1 aliphatic heterocycles. The van der Waals surface area contributed by atoms with Crippen molar-refractivity contribution in [1.82, 2.24) is 14.7 Å². The molecule has 2 heterocycles. The van der Waals surface area contributed by atoms with E-state index < -0.39 is 0 Å². The van der Waals surface area contributed by atoms with Gasteiger partial charge in [-0.3, -0.25) is 9.48 Å². The highest BCUT2D eigenvalue weighted by Crippen LogP contribution is 2.31. The Morgan fingerprint density at radius 3 is 2.93 bits per heavy atom. The molecule has 0 fully saturated rings. The first-order valence-electron chi connectivity index (χ1n) is 9.01. The lowest BCUT2D eigenvalue weighted by Gasteiger charge is -2.25. The zero-order valence-electron chi connectivity index (χ0n) is 16.1. The third-order valence-corrected chi connectivity index (χ3v) is 4.73. The van der Waals surface area contributed by atoms with E-state index in [9.17, 15) is 4.79 Å². The molecule has 7 heteroatoms. The van der Waals surface area contributed by atoms with E-state index in [-0.39, 0.29) is 18.1 Å². The van der Waals surface area contributed by atoms with Gasteiger partial charge in [0.2, 0.25) is 0 Å². The quantitative estimate of drug-likeness (QED) is 0.810. The average Bonchev–Trinajstić information content (AvgIpc) is 2.97. The Kier molecular flexibility index (Phi) is 5.47. The van der Waals surface area contributed by atoms with Crippen molar-refractivity contribution < 1.29 is 14.3 Å². The maximum Gasteiger partial charge on any atom is 0.272 e. The number of rotatable bonds is 5. The van der Waals surface area contributed by atoms with Gasteiger partial charge in [-0.2, -0.15) is 10.4 Å². The van der Waals surface area contributed by atoms with E-state index in [2.05, 4.69) is 11.2 Å². The van der Waals surface area contributed by atoms with E-state index in [1.807, 2.05) is 19.9 Å². The number of nitriles is 1. The number of fused-ring (bicyclic) bond motifs is 1. The van der Waals surface area contributed by atoms with Gasteiger partial charge in [0.25, 0.3) is 5.91 Å². The highest BCUT2D eigenvalue weighted by molar-refractivity contribution is 5.94. The summed E-state index contributed by atoms with van der Waals surface area (Å²) < 4.78 is 13.1. The van der Waals surface area contributed by atoms with Crippen LogP contribution in [0.5, 0.6) is 5.75 Å². The summed E-state index contributed by atoms with van der Waals surface area (Å²) in [5.74, 6) is 0.434. The van der Waals surface area contributed by atoms with Crippen LogP contribution >= 0.6 is 0 Å². The normalized spacial score (nSPS) is 18.5. The molecule has 1 aliphatic rings. The minimum absolute atomic E-state index is 0.0550. The van der Waals surface area contributed by atoms with E-state index in [0.717, 1.165) is 11.3 Å². The van der Waals surface area contributed by atoms with Crippen molar-refractivity contribution >= 4 is 5.91 Å². The fourth-order valence-electron chi connectivity index (χ4n) is 3.39. The van der Waals surface area contributed by atoms with Crippen LogP contribution < -0.4 is 4.74 Å². The Morgan fingerprint density at radius 1 is 1.44 bits per heavy atom. The first-order chi connectivity index (χ1) is 12.9. The van der Waals surface area contributed by atoms with E-state index >= 15 is 0 Å². The molecule has 2 aromatic rings. The third kappa shape index (κ3) is 3.81. The van der Waals surface area contributed by atoms with Crippen LogP contribution in [0.3, 0.4) is 0 Å². The SMILES string of the molecule is C[C@@H]1Cc2c(nn(C)c2C(=O)N(C)CCOc2ccccc2C#N)[C@H](C)O1. The van der Waals surface area contributed by atoms with Gasteiger partial charge < -0.3 is 14.4 Å². The Morgan fingerprint density at radius 2 is 2.19 bits per heavy atom. The van der Waals surface area contributed by atoms with E-state index in [1.165, 1.54) is 0 Å². The van der Waals surface area contributed by atoms with Crippen molar-refractivity contribution in [2.75, 3.05) is 20.2 Å². The van der Waals surface area contributed by atoms with E-state index in [0.29, 0.717) is 36.6 Å². The number of nitrogens with zero attached hydrogens (tertiary/aromatic N) is 4. The molecule has 0 aliphatic carbocycles. The van der Waals surface area contributed by atoms with Crippen LogP contribution in [0.1, 0.15) is 47.3 Å². The molecule has 2 atom stereocenters. The Balaban J connectivity index is 1.69. The van der Waals surface area contributed by atoms with Crippen LogP contribution in [-0.2, 0) is 18.2 Å². The summed E-state index contributed by atoms with van der Waals surface area (Å²) in [4.78, 5) is 14.6. The molecule has 27 heavy (non-hydrogen) atoms. The number of benzene rings is 1. The second kappa shape index (κ2) is 7.80. The van der Waals surface area contributed by atoms with Gasteiger partial charge in [-0.15, -0.1) is 0 Å². The number of hydrogen-bond donors (Lipinski definition) is 0. The second-order valence-electron chi connectivity index (χ2n) is 6.81. The molecule has 0 saturated heterocycles. The van der Waals surface area contributed by atoms with Crippen LogP contribution in [0.15, 0.2) is 24.3 Å². The maximum absolute atomic E-state index is 13.0. The van der Waals surface area contributed by atoms with Crippen molar-refractivity contribution in [1.29, 1.82) is 5.26 Å². The highest BCUT2D eigenvalue weighted by Gasteiger charge is 2.32. The summed E-state index contributed by atoms with van der Waals surface area (Å²) in [6.07, 6.45) is 0.612. The molecule has 0 unspecified atom stereocenters. The van der Waals surface area contributed by atoms with Gasteiger partial charge in [0.15, 0.2) is 0 Å². The van der Waals surface area contributed by atoms with Gasteiger partial charge in [-0.05, 0) is 26.0 Å². The van der Waals surface area contributed by atoms with Gasteiger partial charge in [0, 0.05) is 26.1 Å². The number of aromatic nitrogens is 2. The van der Waals surface area contributed by atoms with Gasteiger partial charge in [0.05, 0.1) is 30.0 Å². The minimum atomic E-state index is -0.118. The van der Waals surface area contributed by atoms with Crippen LogP contribution in [0.25, 0.3) is 0 Å². The zero-order valence-corrected chi connectivity index (χ0v) is 16.1. The summed E-state index contributed by atoms with van der Waals surface area (Å²) in [6.45, 7) is 4.67. The van der Waals surface area contributed by atoms with Crippen molar-refractivity contribution in [3.8, 4) is 11.8 Å². The highest BCUT2D eigenvalue weighted by atomic mass is 16.5. The minimum Gasteiger partial charge on any atom is -0.490 e. The molecule has 7 nitrogen and oxygen atoms in total. The predicted octanol–water partition coefficient (Wildman–Crippen LogP) is 2.46. The monoisotopic (exact) mass is 368 g/mol. The number of ether oxygens (including phenoxy) is 2. The Hall–Kier alpha value is -2.85. The lowest BCUT2D eigenvalue weighted by Crippen LogP contribution is -2.33. The lowest BCUT2D eigenvalue weighted by molar-refractivity contribution is -0.00713. The number of para-hydroxylation sites is 1. The summed E-state index contributed by atoms with van der Waals surface area (Å²) in [5, 5.41) is 13.6. The topological polar surface area (TPSA) is 80.4 Å². The molecule has 3 rings (SSSR count). The molecular weight excluding hydrogens is 344 g/mol. The van der Waals surface area contributed by atoms with Gasteiger partial charge >= 0.3 is 0 Å². The Bertz CT molecular complexity index is 884. The lowest BCUT2D eigenvalue weighted by atomic mass is 9.99. The number of likely N-dealkylation sites (N-methyl/N-ethyl adjacent to an activating group) is 1. The molecule has 0 bridgehead atoms. The first-order valence-corrected chi connectivity index (χ1v) is 9.01. The molecule has 142 valence electrons. The molecular formula is C20H24N4O3. The van der Waals surface area contributed by atoms with Crippen molar-refractivity contribution in [2.45, 2.75) is 32.5 Å². The molecule has 1 aromatic heterocycles. The van der Waals surface area contributed by atoms with Crippen LogP contribution in [0.2, 0.25) is 0 Å². The van der Waals surface area contributed by atoms with Crippen molar-refractivity contribution in [3.63, 3.8) is 0 Å². The summed E-state index contributed by atoms with van der Waals surface area (Å²) in [7, 11) is 3.53. The first kappa shape index (κ1) is 18.9. The smallest absolute Gasteiger partial charge is 0.272 e. The van der Waals surface area contributed by atoms with E-state index in [1.54, 1.807) is 41.9 Å². The van der Waals surface area contributed by atoms with Gasteiger partial charge in [0.1, 0.15) is 24.1 Å². The van der Waals surface area contributed by atoms with Crippen molar-refractivity contribution in [3.05, 3.63) is 46.8 Å². The number of aryl methyl sites for hydroxylation is 1. The summed E-state index contributed by atoms with van der Waals surface area (Å²) in [6, 6.07) is 9.16. The fourth-order valence-corrected chi connectivity index (χ4v) is 3.39. The van der Waals surface area contributed by atoms with Crippen LogP contribution in [-0.4, -0.2) is 46.9 Å². The summed E-state index contributed by atoms with van der Waals surface area (Å²) >= 11 is 0. The standard InChI is InChI=1S/C20H24N4O3/c1-13-11-16-18(14(2)27-13)22-24(4)19(16)20(25)23(3)9-10-26-17-8-6-5-7-15(17)12-21/h5-8,13-14H,9-11H2,1-4H3/t13-,14+/m1/s1. The largest absolute Gasteiger partial charge is 0.490 e. The summed E-state index contributed by atoms with van der Waals surface area (Å²) in [5.41, 5.74) is 2.89. The van der Waals surface area contributed by atoms with Crippen LogP contribution in [0.4, 0.5) is 0 Å². The average molecular weight is 368 g/mol. The Labute approximate surface area is 159 Å². The molecule has 0 radical (unpaired) electrons. The fraction of sp³-hybridized carbons (Fsp3) is 0.450. The number of carbonyl (C=O) groups is 1. The predicted molar refractivity (Wildman–Crippen MR) is 99.5 cm³/mol. The van der Waals surface area contributed by atoms with Crippen LogP contribution in [0, 0.1) is 11.3 Å². The second-order valence-corrected chi connectivity index (χ2v) is 6.81. The van der Waals surface area contributed by atoms with Gasteiger partial charge in [-0.25, -0.2) is 0 Å². The zero-order chi connectivity index (χ0) is 19.6. The molecule has 0 N–H and O–H groups in total. The third-order valence-electron chi connectivity index (χ3n) is 4.73. The van der Waals surface area contributed by atoms with Gasteiger partial charge in [-0.1, -0.05) is 12.1 Å². The number of carbonyl (C=O) groups excluding carboxylic acids is 1.